The summed E-state index contributed by atoms with van der Waals surface area (Å²) >= 11 is 0. The number of hydrogen-bond donors (Lipinski definition) is 3. The van der Waals surface area contributed by atoms with E-state index in [1.807, 2.05) is 14.1 Å². The fourth-order valence-corrected chi connectivity index (χ4v) is 3.28. The number of nitrogens with one attached hydrogen (secondary N) is 2. The number of hydrogen-bond acceptors (Lipinski definition) is 5. The Kier molecular flexibility index (Phi) is 5.46. The summed E-state index contributed by atoms with van der Waals surface area (Å²) in [6, 6.07) is -0.153. The van der Waals surface area contributed by atoms with Gasteiger partial charge >= 0.3 is 6.03 Å². The highest BCUT2D eigenvalue weighted by atomic mass is 16.3. The van der Waals surface area contributed by atoms with Gasteiger partial charge in [0, 0.05) is 20.6 Å². The first-order valence-corrected chi connectivity index (χ1v) is 8.13. The highest BCUT2D eigenvalue weighted by Gasteiger charge is 2.43. The number of anilines is 1. The molecular weight excluding hydrogens is 296 g/mol. The second kappa shape index (κ2) is 7.16. The Labute approximate surface area is 137 Å². The Bertz CT molecular complexity index is 530. The topological polar surface area (TPSA) is 97.4 Å². The van der Waals surface area contributed by atoms with Crippen LogP contribution in [0.15, 0.2) is 0 Å². The summed E-state index contributed by atoms with van der Waals surface area (Å²) in [7, 11) is 3.72. The van der Waals surface area contributed by atoms with Crippen LogP contribution in [0.3, 0.4) is 0 Å². The lowest BCUT2D eigenvalue weighted by Gasteiger charge is -2.38. The van der Waals surface area contributed by atoms with Gasteiger partial charge in [0.1, 0.15) is 5.82 Å². The molecule has 1 aliphatic heterocycles. The first-order valence-electron chi connectivity index (χ1n) is 8.13. The Hall–Kier alpha value is -1.83. The predicted octanol–water partition coefficient (Wildman–Crippen LogP) is 0.953. The Morgan fingerprint density at radius 2 is 2.26 bits per heavy atom. The number of aromatic nitrogens is 3. The van der Waals surface area contributed by atoms with Gasteiger partial charge in [-0.1, -0.05) is 13.8 Å². The Balaban J connectivity index is 1.98. The van der Waals surface area contributed by atoms with Crippen LogP contribution in [0.4, 0.5) is 10.7 Å². The number of H-pyrrole nitrogens is 1. The Morgan fingerprint density at radius 3 is 2.83 bits per heavy atom. The van der Waals surface area contributed by atoms with Crippen LogP contribution in [0.25, 0.3) is 0 Å². The number of aromatic amines is 1. The van der Waals surface area contributed by atoms with Crippen LogP contribution < -0.4 is 10.2 Å². The first kappa shape index (κ1) is 17.5. The molecule has 1 unspecified atom stereocenters. The van der Waals surface area contributed by atoms with E-state index >= 15 is 0 Å². The van der Waals surface area contributed by atoms with E-state index in [1.165, 1.54) is 0 Å². The lowest BCUT2D eigenvalue weighted by Crippen LogP contribution is -2.54. The molecule has 2 rings (SSSR count). The summed E-state index contributed by atoms with van der Waals surface area (Å²) in [4.78, 5) is 20.4. The zero-order valence-electron chi connectivity index (χ0n) is 14.5. The van der Waals surface area contributed by atoms with Crippen molar-refractivity contribution in [2.45, 2.75) is 45.2 Å². The molecule has 23 heavy (non-hydrogen) atoms. The van der Waals surface area contributed by atoms with Gasteiger partial charge < -0.3 is 20.2 Å². The molecule has 2 amide bonds. The molecule has 8 nitrogen and oxygen atoms in total. The van der Waals surface area contributed by atoms with Crippen molar-refractivity contribution < 1.29 is 9.90 Å². The second-order valence-electron chi connectivity index (χ2n) is 6.87. The summed E-state index contributed by atoms with van der Waals surface area (Å²) in [6.07, 6.45) is 2.58. The highest BCUT2D eigenvalue weighted by molar-refractivity contribution is 5.75. The minimum Gasteiger partial charge on any atom is -0.394 e. The van der Waals surface area contributed by atoms with E-state index in [4.69, 9.17) is 0 Å². The van der Waals surface area contributed by atoms with Crippen LogP contribution in [0.2, 0.25) is 0 Å². The monoisotopic (exact) mass is 324 g/mol. The molecule has 0 bridgehead atoms. The smallest absolute Gasteiger partial charge is 0.318 e. The van der Waals surface area contributed by atoms with Crippen molar-refractivity contribution in [3.8, 4) is 0 Å². The van der Waals surface area contributed by atoms with Gasteiger partial charge in [0.2, 0.25) is 5.95 Å². The minimum atomic E-state index is -0.436. The number of carbonyl (C=O) groups excluding carboxylic acids is 1. The number of aliphatic hydroxyl groups excluding tert-OH is 1. The minimum absolute atomic E-state index is 0.00564. The average Bonchev–Trinajstić information content (AvgIpc) is 3.11. The molecule has 8 heteroatoms. The predicted molar refractivity (Wildman–Crippen MR) is 88.2 cm³/mol. The van der Waals surface area contributed by atoms with E-state index in [0.717, 1.165) is 19.3 Å². The zero-order chi connectivity index (χ0) is 17.0. The van der Waals surface area contributed by atoms with Crippen molar-refractivity contribution in [1.82, 2.24) is 25.4 Å². The van der Waals surface area contributed by atoms with Crippen LogP contribution in [0.1, 0.15) is 38.9 Å². The number of amides is 2. The molecule has 0 saturated carbocycles. The molecule has 2 heterocycles. The lowest BCUT2D eigenvalue weighted by molar-refractivity contribution is 0.0675. The molecule has 0 aliphatic carbocycles. The van der Waals surface area contributed by atoms with Crippen molar-refractivity contribution in [2.75, 3.05) is 32.1 Å². The lowest BCUT2D eigenvalue weighted by atomic mass is 9.87. The number of carbonyl (C=O) groups is 1. The SMILES string of the molecule is CC(C)CC1(CO)CCCN1C(=O)NCc1nc(N(C)C)n[nH]1. The summed E-state index contributed by atoms with van der Waals surface area (Å²) in [5.41, 5.74) is -0.436. The normalized spacial score (nSPS) is 21.0. The molecule has 3 N–H and O–H groups in total. The molecule has 0 spiro atoms. The number of likely N-dealkylation sites (tertiary alicyclic amines) is 1. The van der Waals surface area contributed by atoms with E-state index in [9.17, 15) is 9.90 Å². The molecule has 1 fully saturated rings. The molecule has 1 aromatic rings. The van der Waals surface area contributed by atoms with Crippen LogP contribution >= 0.6 is 0 Å². The largest absolute Gasteiger partial charge is 0.394 e. The van der Waals surface area contributed by atoms with Crippen molar-refractivity contribution in [3.05, 3.63) is 5.82 Å². The van der Waals surface area contributed by atoms with E-state index < -0.39 is 5.54 Å². The van der Waals surface area contributed by atoms with E-state index in [2.05, 4.69) is 34.3 Å². The number of urea groups is 1. The number of rotatable bonds is 6. The van der Waals surface area contributed by atoms with Gasteiger partial charge in [-0.15, -0.1) is 5.10 Å². The van der Waals surface area contributed by atoms with Gasteiger partial charge in [0.15, 0.2) is 0 Å². The highest BCUT2D eigenvalue weighted by Crippen LogP contribution is 2.34. The zero-order valence-corrected chi connectivity index (χ0v) is 14.5. The molecular formula is C15H28N6O2. The third-order valence-corrected chi connectivity index (χ3v) is 4.25. The molecule has 0 radical (unpaired) electrons. The Morgan fingerprint density at radius 1 is 1.52 bits per heavy atom. The maximum absolute atomic E-state index is 12.5. The summed E-state index contributed by atoms with van der Waals surface area (Å²) in [6.45, 7) is 5.20. The van der Waals surface area contributed by atoms with Crippen molar-refractivity contribution in [1.29, 1.82) is 0 Å². The van der Waals surface area contributed by atoms with Crippen LogP contribution in [0.5, 0.6) is 0 Å². The number of aliphatic hydroxyl groups is 1. The van der Waals surface area contributed by atoms with Gasteiger partial charge in [0.25, 0.3) is 0 Å². The fourth-order valence-electron chi connectivity index (χ4n) is 3.28. The third-order valence-electron chi connectivity index (χ3n) is 4.25. The summed E-state index contributed by atoms with van der Waals surface area (Å²) in [5.74, 6) is 1.62. The van der Waals surface area contributed by atoms with Gasteiger partial charge in [-0.25, -0.2) is 4.79 Å². The molecule has 0 aromatic carbocycles. The maximum atomic E-state index is 12.5. The van der Waals surface area contributed by atoms with Crippen LogP contribution in [0, 0.1) is 5.92 Å². The molecule has 130 valence electrons. The molecule has 1 atom stereocenters. The first-order chi connectivity index (χ1) is 10.9. The van der Waals surface area contributed by atoms with Gasteiger partial charge in [-0.2, -0.15) is 4.98 Å². The van der Waals surface area contributed by atoms with Crippen molar-refractivity contribution in [3.63, 3.8) is 0 Å². The standard InChI is InChI=1S/C15H28N6O2/c1-11(2)8-15(10-22)6-5-7-21(15)14(23)16-9-12-17-13(19-18-12)20(3)4/h11,22H,5-10H2,1-4H3,(H,16,23)(H,17,18,19). The van der Waals surface area contributed by atoms with E-state index in [0.29, 0.717) is 30.8 Å². The molecule has 1 aliphatic rings. The quantitative estimate of drug-likeness (QED) is 0.724. The van der Waals surface area contributed by atoms with E-state index in [-0.39, 0.29) is 12.6 Å². The van der Waals surface area contributed by atoms with Gasteiger partial charge in [-0.05, 0) is 25.2 Å². The second-order valence-corrected chi connectivity index (χ2v) is 6.87. The molecule has 1 aromatic heterocycles. The van der Waals surface area contributed by atoms with Gasteiger partial charge in [0.05, 0.1) is 18.7 Å². The fraction of sp³-hybridized carbons (Fsp3) is 0.800. The average molecular weight is 324 g/mol. The van der Waals surface area contributed by atoms with Crippen LogP contribution in [-0.4, -0.2) is 64.0 Å². The third kappa shape index (κ3) is 3.93. The van der Waals surface area contributed by atoms with E-state index in [1.54, 1.807) is 9.80 Å². The maximum Gasteiger partial charge on any atom is 0.318 e. The molecule has 1 saturated heterocycles. The van der Waals surface area contributed by atoms with Gasteiger partial charge in [-0.3, -0.25) is 5.10 Å². The van der Waals surface area contributed by atoms with Crippen molar-refractivity contribution >= 4 is 12.0 Å². The summed E-state index contributed by atoms with van der Waals surface area (Å²) < 4.78 is 0. The summed E-state index contributed by atoms with van der Waals surface area (Å²) in [5, 5.41) is 19.6. The van der Waals surface area contributed by atoms with Crippen molar-refractivity contribution in [2.24, 2.45) is 5.92 Å². The number of nitrogens with zero attached hydrogens (tertiary/aromatic N) is 4. The van der Waals surface area contributed by atoms with Crippen LogP contribution in [-0.2, 0) is 6.54 Å².